The summed E-state index contributed by atoms with van der Waals surface area (Å²) < 4.78 is 27.0. The first-order valence-corrected chi connectivity index (χ1v) is 11.5. The summed E-state index contributed by atoms with van der Waals surface area (Å²) in [6, 6.07) is 12.5. The molecule has 1 aliphatic heterocycles. The number of anilines is 2. The number of nitrogens with zero attached hydrogens (tertiary/aromatic N) is 1. The van der Waals surface area contributed by atoms with Crippen LogP contribution >= 0.6 is 0 Å². The molecule has 1 aliphatic rings. The van der Waals surface area contributed by atoms with Crippen LogP contribution in [0.15, 0.2) is 58.4 Å². The minimum atomic E-state index is -3.68. The lowest BCUT2D eigenvalue weighted by Gasteiger charge is -2.17. The molecule has 0 fully saturated rings. The average Bonchev–Trinajstić information content (AvgIpc) is 2.97. The number of aliphatic imine (C=N–C) groups is 1. The lowest BCUT2D eigenvalue weighted by atomic mass is 10.0. The molecule has 2 aromatic carbocycles. The predicted molar refractivity (Wildman–Crippen MR) is 120 cm³/mol. The van der Waals surface area contributed by atoms with Crippen molar-refractivity contribution >= 4 is 39.0 Å². The number of benzene rings is 2. The van der Waals surface area contributed by atoms with Gasteiger partial charge in [0, 0.05) is 22.9 Å². The Morgan fingerprint density at radius 2 is 1.42 bits per heavy atom. The maximum absolute atomic E-state index is 12.9. The standard InChI is InChI=1S/C22H26N4O4S/c1-13(2)19(25-20-17-7-5-6-8-18(17)31(29,30)26-20)22(28)24-16-11-9-15(10-12-16)23-21(27)14(3)4/h5-14,19H,1-4H3,(H,23,27)(H,24,28)(H,25,26)/t19-/m0/s1. The van der Waals surface area contributed by atoms with Gasteiger partial charge < -0.3 is 10.6 Å². The van der Waals surface area contributed by atoms with Crippen LogP contribution in [0.1, 0.15) is 33.3 Å². The van der Waals surface area contributed by atoms with E-state index in [9.17, 15) is 18.0 Å². The summed E-state index contributed by atoms with van der Waals surface area (Å²) >= 11 is 0. The summed E-state index contributed by atoms with van der Waals surface area (Å²) in [5.74, 6) is -0.592. The third-order valence-corrected chi connectivity index (χ3v) is 6.17. The molecule has 1 heterocycles. The molecule has 3 N–H and O–H groups in total. The van der Waals surface area contributed by atoms with Crippen LogP contribution in [0.4, 0.5) is 11.4 Å². The lowest BCUT2D eigenvalue weighted by Crippen LogP contribution is -2.34. The van der Waals surface area contributed by atoms with Crippen molar-refractivity contribution in [2.24, 2.45) is 16.8 Å². The Balaban J connectivity index is 1.78. The number of carbonyl (C=O) groups excluding carboxylic acids is 2. The molecular weight excluding hydrogens is 416 g/mol. The summed E-state index contributed by atoms with van der Waals surface area (Å²) in [5, 5.41) is 5.60. The van der Waals surface area contributed by atoms with E-state index in [-0.39, 0.29) is 34.4 Å². The molecule has 31 heavy (non-hydrogen) atoms. The zero-order chi connectivity index (χ0) is 22.8. The highest BCUT2D eigenvalue weighted by atomic mass is 32.2. The summed E-state index contributed by atoms with van der Waals surface area (Å²) in [5.41, 5.74) is 1.63. The monoisotopic (exact) mass is 442 g/mol. The number of nitrogens with one attached hydrogen (secondary N) is 3. The van der Waals surface area contributed by atoms with E-state index in [4.69, 9.17) is 0 Å². The number of fused-ring (bicyclic) bond motifs is 1. The fourth-order valence-corrected chi connectivity index (χ4v) is 4.26. The Labute approximate surface area is 182 Å². The van der Waals surface area contributed by atoms with Crippen LogP contribution in [0.3, 0.4) is 0 Å². The van der Waals surface area contributed by atoms with Crippen LogP contribution in [-0.4, -0.2) is 32.1 Å². The van der Waals surface area contributed by atoms with Crippen molar-refractivity contribution in [3.8, 4) is 0 Å². The molecule has 2 aromatic rings. The largest absolute Gasteiger partial charge is 0.326 e. The van der Waals surface area contributed by atoms with Gasteiger partial charge in [0.1, 0.15) is 11.9 Å². The number of rotatable bonds is 6. The van der Waals surface area contributed by atoms with Gasteiger partial charge in [-0.25, -0.2) is 8.42 Å². The Bertz CT molecular complexity index is 1120. The van der Waals surface area contributed by atoms with Gasteiger partial charge in [-0.15, -0.1) is 0 Å². The van der Waals surface area contributed by atoms with Crippen molar-refractivity contribution in [2.45, 2.75) is 38.6 Å². The fraction of sp³-hybridized carbons (Fsp3) is 0.318. The van der Waals surface area contributed by atoms with Gasteiger partial charge in [0.25, 0.3) is 10.0 Å². The van der Waals surface area contributed by atoms with Gasteiger partial charge >= 0.3 is 0 Å². The Kier molecular flexibility index (Phi) is 6.45. The Hall–Kier alpha value is -3.20. The molecule has 0 saturated carbocycles. The van der Waals surface area contributed by atoms with Gasteiger partial charge in [0.05, 0.1) is 4.90 Å². The summed E-state index contributed by atoms with van der Waals surface area (Å²) in [4.78, 5) is 29.3. The van der Waals surface area contributed by atoms with Gasteiger partial charge in [-0.1, -0.05) is 39.8 Å². The second-order valence-corrected chi connectivity index (χ2v) is 9.63. The molecule has 0 spiro atoms. The fourth-order valence-electron chi connectivity index (χ4n) is 3.02. The molecule has 0 unspecified atom stereocenters. The van der Waals surface area contributed by atoms with E-state index >= 15 is 0 Å². The maximum atomic E-state index is 12.9. The molecule has 8 nitrogen and oxygen atoms in total. The van der Waals surface area contributed by atoms with E-state index in [2.05, 4.69) is 20.3 Å². The molecule has 3 rings (SSSR count). The van der Waals surface area contributed by atoms with Crippen molar-refractivity contribution in [3.05, 3.63) is 54.1 Å². The van der Waals surface area contributed by atoms with E-state index < -0.39 is 16.1 Å². The number of amidine groups is 1. The van der Waals surface area contributed by atoms with Gasteiger partial charge in [-0.3, -0.25) is 19.3 Å². The van der Waals surface area contributed by atoms with E-state index in [1.54, 1.807) is 56.3 Å². The Morgan fingerprint density at radius 1 is 0.871 bits per heavy atom. The predicted octanol–water partition coefficient (Wildman–Crippen LogP) is 2.98. The third-order valence-electron chi connectivity index (χ3n) is 4.78. The van der Waals surface area contributed by atoms with Crippen molar-refractivity contribution in [1.82, 2.24) is 4.72 Å². The molecule has 0 aromatic heterocycles. The number of amides is 2. The summed E-state index contributed by atoms with van der Waals surface area (Å²) in [6.07, 6.45) is 0. The topological polar surface area (TPSA) is 117 Å². The highest BCUT2D eigenvalue weighted by Crippen LogP contribution is 2.24. The van der Waals surface area contributed by atoms with E-state index in [1.807, 2.05) is 13.8 Å². The lowest BCUT2D eigenvalue weighted by molar-refractivity contribution is -0.119. The molecule has 2 amide bonds. The van der Waals surface area contributed by atoms with Gasteiger partial charge in [-0.05, 0) is 42.3 Å². The quantitative estimate of drug-likeness (QED) is 0.637. The minimum Gasteiger partial charge on any atom is -0.326 e. The second-order valence-electron chi connectivity index (χ2n) is 7.98. The Morgan fingerprint density at radius 3 is 1.97 bits per heavy atom. The molecule has 0 bridgehead atoms. The highest BCUT2D eigenvalue weighted by molar-refractivity contribution is 7.90. The van der Waals surface area contributed by atoms with Crippen LogP contribution in [0.2, 0.25) is 0 Å². The van der Waals surface area contributed by atoms with Crippen LogP contribution in [0, 0.1) is 11.8 Å². The van der Waals surface area contributed by atoms with Crippen LogP contribution in [0.25, 0.3) is 0 Å². The smallest absolute Gasteiger partial charge is 0.263 e. The summed E-state index contributed by atoms with van der Waals surface area (Å²) in [7, 11) is -3.68. The highest BCUT2D eigenvalue weighted by Gasteiger charge is 2.32. The first kappa shape index (κ1) is 22.5. The van der Waals surface area contributed by atoms with E-state index in [0.29, 0.717) is 16.9 Å². The van der Waals surface area contributed by atoms with Crippen LogP contribution < -0.4 is 15.4 Å². The number of hydrogen-bond donors (Lipinski definition) is 3. The average molecular weight is 443 g/mol. The van der Waals surface area contributed by atoms with E-state index in [0.717, 1.165) is 0 Å². The molecule has 0 aliphatic carbocycles. The zero-order valence-electron chi connectivity index (χ0n) is 17.8. The first-order chi connectivity index (χ1) is 14.6. The van der Waals surface area contributed by atoms with Gasteiger partial charge in [0.2, 0.25) is 11.8 Å². The minimum absolute atomic E-state index is 0.0909. The van der Waals surface area contributed by atoms with Crippen LogP contribution in [-0.2, 0) is 19.6 Å². The summed E-state index contributed by atoms with van der Waals surface area (Å²) in [6.45, 7) is 7.29. The third kappa shape index (κ3) is 5.11. The molecule has 9 heteroatoms. The number of carbonyl (C=O) groups is 2. The van der Waals surface area contributed by atoms with Gasteiger partial charge in [-0.2, -0.15) is 0 Å². The van der Waals surface area contributed by atoms with Crippen molar-refractivity contribution in [2.75, 3.05) is 10.6 Å². The molecule has 164 valence electrons. The van der Waals surface area contributed by atoms with E-state index in [1.165, 1.54) is 6.07 Å². The van der Waals surface area contributed by atoms with Crippen molar-refractivity contribution in [1.29, 1.82) is 0 Å². The SMILES string of the molecule is CC(C)C(=O)Nc1ccc(NC(=O)[C@@H](N=C2NS(=O)(=O)c3ccccc32)C(C)C)cc1. The molecule has 1 atom stereocenters. The maximum Gasteiger partial charge on any atom is 0.263 e. The normalized spacial score (nSPS) is 16.6. The van der Waals surface area contributed by atoms with Crippen molar-refractivity contribution < 1.29 is 18.0 Å². The molecule has 0 saturated heterocycles. The molecule has 0 radical (unpaired) electrons. The van der Waals surface area contributed by atoms with Crippen molar-refractivity contribution in [3.63, 3.8) is 0 Å². The first-order valence-electron chi connectivity index (χ1n) is 10.0. The molecular formula is C22H26N4O4S. The van der Waals surface area contributed by atoms with Gasteiger partial charge in [0.15, 0.2) is 0 Å². The zero-order valence-corrected chi connectivity index (χ0v) is 18.7. The van der Waals surface area contributed by atoms with Crippen LogP contribution in [0.5, 0.6) is 0 Å². The number of hydrogen-bond acceptors (Lipinski definition) is 5. The number of sulfonamides is 1. The second kappa shape index (κ2) is 8.89.